The predicted octanol–water partition coefficient (Wildman–Crippen LogP) is 2.55. The standard InChI is InChI=1S/C15H25N3OS/c1-12-7-9-16-14(17-12)20-10-4-3-8-15(2,11-19)18-13-5-6-13/h7,9,13,18-19H,3-6,8,10-11H2,1-2H3. The fourth-order valence-electron chi connectivity index (χ4n) is 2.19. The van der Waals surface area contributed by atoms with Crippen LogP contribution in [0.4, 0.5) is 0 Å². The van der Waals surface area contributed by atoms with Gasteiger partial charge < -0.3 is 10.4 Å². The molecule has 2 N–H and O–H groups in total. The number of aryl methyl sites for hydroxylation is 1. The number of nitrogens with one attached hydrogen (secondary N) is 1. The Morgan fingerprint density at radius 3 is 2.90 bits per heavy atom. The number of hydrogen-bond donors (Lipinski definition) is 2. The van der Waals surface area contributed by atoms with Gasteiger partial charge in [-0.1, -0.05) is 18.2 Å². The molecular weight excluding hydrogens is 270 g/mol. The van der Waals surface area contributed by atoms with Gasteiger partial charge in [-0.3, -0.25) is 0 Å². The van der Waals surface area contributed by atoms with Gasteiger partial charge in [0.2, 0.25) is 0 Å². The summed E-state index contributed by atoms with van der Waals surface area (Å²) < 4.78 is 0. The lowest BCUT2D eigenvalue weighted by molar-refractivity contribution is 0.161. The van der Waals surface area contributed by atoms with E-state index in [4.69, 9.17) is 0 Å². The van der Waals surface area contributed by atoms with E-state index in [-0.39, 0.29) is 12.1 Å². The van der Waals surface area contributed by atoms with Crippen molar-refractivity contribution in [3.05, 3.63) is 18.0 Å². The summed E-state index contributed by atoms with van der Waals surface area (Å²) in [6.45, 7) is 4.34. The molecule has 112 valence electrons. The van der Waals surface area contributed by atoms with Gasteiger partial charge in [0.15, 0.2) is 5.16 Å². The Kier molecular flexibility index (Phi) is 5.81. The Morgan fingerprint density at radius 1 is 1.45 bits per heavy atom. The van der Waals surface area contributed by atoms with E-state index in [9.17, 15) is 5.11 Å². The van der Waals surface area contributed by atoms with Gasteiger partial charge in [0, 0.05) is 29.2 Å². The molecule has 1 heterocycles. The molecular formula is C15H25N3OS. The normalized spacial score (nSPS) is 17.9. The number of unbranched alkanes of at least 4 members (excludes halogenated alkanes) is 1. The highest BCUT2D eigenvalue weighted by atomic mass is 32.2. The third-order valence-electron chi connectivity index (χ3n) is 3.61. The van der Waals surface area contributed by atoms with Crippen molar-refractivity contribution in [2.45, 2.75) is 62.7 Å². The number of aliphatic hydroxyl groups is 1. The molecule has 1 aromatic rings. The van der Waals surface area contributed by atoms with E-state index in [1.54, 1.807) is 11.8 Å². The zero-order valence-electron chi connectivity index (χ0n) is 12.4. The average molecular weight is 295 g/mol. The molecule has 0 spiro atoms. The van der Waals surface area contributed by atoms with Crippen LogP contribution in [0.1, 0.15) is 44.7 Å². The van der Waals surface area contributed by atoms with Crippen molar-refractivity contribution in [3.63, 3.8) is 0 Å². The molecule has 1 aromatic heterocycles. The third-order valence-corrected chi connectivity index (χ3v) is 4.55. The number of rotatable bonds is 9. The number of thioether (sulfide) groups is 1. The topological polar surface area (TPSA) is 58.0 Å². The fourth-order valence-corrected chi connectivity index (χ4v) is 3.07. The van der Waals surface area contributed by atoms with Gasteiger partial charge in [-0.05, 0) is 45.6 Å². The average Bonchev–Trinajstić information content (AvgIpc) is 3.22. The molecule has 0 aromatic carbocycles. The molecule has 0 radical (unpaired) electrons. The van der Waals surface area contributed by atoms with E-state index in [2.05, 4.69) is 22.2 Å². The van der Waals surface area contributed by atoms with Gasteiger partial charge in [-0.15, -0.1) is 0 Å². The summed E-state index contributed by atoms with van der Waals surface area (Å²) in [5, 5.41) is 14.0. The Labute approximate surface area is 125 Å². The van der Waals surface area contributed by atoms with Crippen molar-refractivity contribution in [1.82, 2.24) is 15.3 Å². The van der Waals surface area contributed by atoms with Gasteiger partial charge in [-0.2, -0.15) is 0 Å². The first-order chi connectivity index (χ1) is 9.61. The van der Waals surface area contributed by atoms with Crippen molar-refractivity contribution in [1.29, 1.82) is 0 Å². The van der Waals surface area contributed by atoms with E-state index < -0.39 is 0 Å². The van der Waals surface area contributed by atoms with E-state index >= 15 is 0 Å². The Bertz CT molecular complexity index is 425. The molecule has 2 rings (SSSR count). The van der Waals surface area contributed by atoms with Crippen LogP contribution in [0.2, 0.25) is 0 Å². The van der Waals surface area contributed by atoms with Crippen molar-refractivity contribution in [2.75, 3.05) is 12.4 Å². The highest BCUT2D eigenvalue weighted by Crippen LogP contribution is 2.25. The van der Waals surface area contributed by atoms with Crippen LogP contribution in [-0.4, -0.2) is 39.0 Å². The number of nitrogens with zero attached hydrogens (tertiary/aromatic N) is 2. The van der Waals surface area contributed by atoms with Crippen molar-refractivity contribution < 1.29 is 5.11 Å². The van der Waals surface area contributed by atoms with Crippen LogP contribution in [0, 0.1) is 6.92 Å². The summed E-state index contributed by atoms with van der Waals surface area (Å²) in [4.78, 5) is 8.63. The molecule has 1 aliphatic rings. The van der Waals surface area contributed by atoms with Crippen molar-refractivity contribution in [3.8, 4) is 0 Å². The molecule has 0 bridgehead atoms. The first-order valence-electron chi connectivity index (χ1n) is 7.42. The monoisotopic (exact) mass is 295 g/mol. The maximum atomic E-state index is 9.54. The first-order valence-corrected chi connectivity index (χ1v) is 8.41. The van der Waals surface area contributed by atoms with Gasteiger partial charge in [-0.25, -0.2) is 9.97 Å². The predicted molar refractivity (Wildman–Crippen MR) is 83.0 cm³/mol. The van der Waals surface area contributed by atoms with Crippen LogP contribution in [-0.2, 0) is 0 Å². The summed E-state index contributed by atoms with van der Waals surface area (Å²) in [6, 6.07) is 2.56. The van der Waals surface area contributed by atoms with E-state index in [0.29, 0.717) is 6.04 Å². The van der Waals surface area contributed by atoms with E-state index in [1.165, 1.54) is 12.8 Å². The van der Waals surface area contributed by atoms with Crippen LogP contribution in [0.15, 0.2) is 17.4 Å². The van der Waals surface area contributed by atoms with Crippen LogP contribution < -0.4 is 5.32 Å². The lowest BCUT2D eigenvalue weighted by Crippen LogP contribution is -2.46. The number of aliphatic hydroxyl groups excluding tert-OH is 1. The Balaban J connectivity index is 1.62. The zero-order valence-corrected chi connectivity index (χ0v) is 13.2. The molecule has 1 saturated carbocycles. The summed E-state index contributed by atoms with van der Waals surface area (Å²) >= 11 is 1.71. The van der Waals surface area contributed by atoms with Crippen molar-refractivity contribution in [2.24, 2.45) is 0 Å². The molecule has 1 unspecified atom stereocenters. The van der Waals surface area contributed by atoms with Gasteiger partial charge in [0.1, 0.15) is 0 Å². The second kappa shape index (κ2) is 7.38. The summed E-state index contributed by atoms with van der Waals surface area (Å²) in [6.07, 6.45) is 7.61. The molecule has 0 amide bonds. The van der Waals surface area contributed by atoms with E-state index in [1.807, 2.05) is 19.2 Å². The SMILES string of the molecule is Cc1ccnc(SCCCCC(C)(CO)NC2CC2)n1. The second-order valence-corrected chi connectivity index (χ2v) is 6.99. The van der Waals surface area contributed by atoms with Crippen LogP contribution in [0.3, 0.4) is 0 Å². The third kappa shape index (κ3) is 5.38. The highest BCUT2D eigenvalue weighted by Gasteiger charge is 2.31. The van der Waals surface area contributed by atoms with Gasteiger partial charge in [0.05, 0.1) is 6.61 Å². The molecule has 1 fully saturated rings. The first kappa shape index (κ1) is 15.7. The van der Waals surface area contributed by atoms with Crippen LogP contribution in [0.5, 0.6) is 0 Å². The van der Waals surface area contributed by atoms with Gasteiger partial charge >= 0.3 is 0 Å². The maximum absolute atomic E-state index is 9.54. The minimum atomic E-state index is -0.105. The minimum Gasteiger partial charge on any atom is -0.394 e. The van der Waals surface area contributed by atoms with E-state index in [0.717, 1.165) is 35.9 Å². The number of aromatic nitrogens is 2. The summed E-state index contributed by atoms with van der Waals surface area (Å²) in [5.74, 6) is 1.04. The Hall–Kier alpha value is -0.650. The molecule has 1 aliphatic carbocycles. The maximum Gasteiger partial charge on any atom is 0.187 e. The molecule has 0 saturated heterocycles. The zero-order chi connectivity index (χ0) is 14.4. The molecule has 0 aliphatic heterocycles. The molecule has 4 nitrogen and oxygen atoms in total. The number of hydrogen-bond acceptors (Lipinski definition) is 5. The quantitative estimate of drug-likeness (QED) is 0.416. The Morgan fingerprint density at radius 2 is 2.25 bits per heavy atom. The minimum absolute atomic E-state index is 0.105. The lowest BCUT2D eigenvalue weighted by Gasteiger charge is -2.29. The molecule has 20 heavy (non-hydrogen) atoms. The molecule has 5 heteroatoms. The second-order valence-electron chi connectivity index (χ2n) is 5.92. The fraction of sp³-hybridized carbons (Fsp3) is 0.733. The van der Waals surface area contributed by atoms with Gasteiger partial charge in [0.25, 0.3) is 0 Å². The summed E-state index contributed by atoms with van der Waals surface area (Å²) in [5.41, 5.74) is 0.912. The van der Waals surface area contributed by atoms with Crippen LogP contribution in [0.25, 0.3) is 0 Å². The largest absolute Gasteiger partial charge is 0.394 e. The smallest absolute Gasteiger partial charge is 0.187 e. The summed E-state index contributed by atoms with van der Waals surface area (Å²) in [7, 11) is 0. The highest BCUT2D eigenvalue weighted by molar-refractivity contribution is 7.99. The lowest BCUT2D eigenvalue weighted by atomic mass is 9.96. The molecule has 1 atom stereocenters. The van der Waals surface area contributed by atoms with Crippen molar-refractivity contribution >= 4 is 11.8 Å². The van der Waals surface area contributed by atoms with Crippen LogP contribution >= 0.6 is 11.8 Å².